The molecular weight excluding hydrogens is 360 g/mol. The molecular formula is C22H46O4S. The van der Waals surface area contributed by atoms with Crippen molar-refractivity contribution in [2.45, 2.75) is 141 Å². The Balaban J connectivity index is 3.28. The van der Waals surface area contributed by atoms with Gasteiger partial charge in [0.1, 0.15) is 0 Å². The fourth-order valence-corrected chi connectivity index (χ4v) is 3.97. The van der Waals surface area contributed by atoms with Crippen LogP contribution in [0, 0.1) is 0 Å². The van der Waals surface area contributed by atoms with Crippen LogP contribution in [0.2, 0.25) is 0 Å². The van der Waals surface area contributed by atoms with E-state index in [0.29, 0.717) is 6.42 Å². The van der Waals surface area contributed by atoms with Crippen molar-refractivity contribution in [3.8, 4) is 0 Å². The zero-order chi connectivity index (χ0) is 20.4. The maximum absolute atomic E-state index is 10.9. The van der Waals surface area contributed by atoms with Gasteiger partial charge in [0.05, 0.1) is 11.4 Å². The molecule has 0 fully saturated rings. The number of aliphatic hydroxyl groups excluding tert-OH is 1. The Bertz CT molecular complexity index is 409. The lowest BCUT2D eigenvalue weighted by Crippen LogP contribution is -2.16. The lowest BCUT2D eigenvalue weighted by Gasteiger charge is -2.10. The fourth-order valence-electron chi connectivity index (χ4n) is 3.50. The SMILES string of the molecule is CCCCCCCCCCC(O)CCCCCCCCCC(C)S(=O)(=O)O. The molecule has 0 bridgehead atoms. The van der Waals surface area contributed by atoms with E-state index in [-0.39, 0.29) is 6.10 Å². The third-order valence-electron chi connectivity index (χ3n) is 5.55. The average Bonchev–Trinajstić information content (AvgIpc) is 2.61. The van der Waals surface area contributed by atoms with Crippen molar-refractivity contribution in [1.29, 1.82) is 0 Å². The van der Waals surface area contributed by atoms with Gasteiger partial charge in [-0.15, -0.1) is 0 Å². The highest BCUT2D eigenvalue weighted by molar-refractivity contribution is 7.86. The molecule has 4 nitrogen and oxygen atoms in total. The molecule has 0 rings (SSSR count). The molecule has 0 saturated carbocycles. The predicted molar refractivity (Wildman–Crippen MR) is 116 cm³/mol. The first-order valence-electron chi connectivity index (χ1n) is 11.5. The number of hydrogen-bond donors (Lipinski definition) is 2. The summed E-state index contributed by atoms with van der Waals surface area (Å²) in [6.45, 7) is 3.81. The van der Waals surface area contributed by atoms with Crippen molar-refractivity contribution in [2.24, 2.45) is 0 Å². The van der Waals surface area contributed by atoms with Gasteiger partial charge in [0, 0.05) is 0 Å². The van der Waals surface area contributed by atoms with Crippen LogP contribution in [0.15, 0.2) is 0 Å². The van der Waals surface area contributed by atoms with Crippen molar-refractivity contribution in [3.63, 3.8) is 0 Å². The quantitative estimate of drug-likeness (QED) is 0.175. The van der Waals surface area contributed by atoms with E-state index in [1.54, 1.807) is 6.92 Å². The van der Waals surface area contributed by atoms with Crippen LogP contribution in [0.25, 0.3) is 0 Å². The average molecular weight is 407 g/mol. The Hall–Kier alpha value is -0.130. The molecule has 0 amide bonds. The molecule has 0 radical (unpaired) electrons. The Morgan fingerprint density at radius 2 is 0.963 bits per heavy atom. The summed E-state index contributed by atoms with van der Waals surface area (Å²) < 4.78 is 30.7. The van der Waals surface area contributed by atoms with Gasteiger partial charge >= 0.3 is 0 Å². The molecule has 164 valence electrons. The first-order valence-corrected chi connectivity index (χ1v) is 13.0. The maximum Gasteiger partial charge on any atom is 0.267 e. The Morgan fingerprint density at radius 3 is 1.33 bits per heavy atom. The minimum Gasteiger partial charge on any atom is -0.393 e. The molecule has 0 aliphatic heterocycles. The van der Waals surface area contributed by atoms with Crippen LogP contribution < -0.4 is 0 Å². The summed E-state index contributed by atoms with van der Waals surface area (Å²) in [5.41, 5.74) is 0. The monoisotopic (exact) mass is 406 g/mol. The van der Waals surface area contributed by atoms with Crippen molar-refractivity contribution in [3.05, 3.63) is 0 Å². The van der Waals surface area contributed by atoms with Crippen LogP contribution in [-0.2, 0) is 10.1 Å². The van der Waals surface area contributed by atoms with Crippen LogP contribution >= 0.6 is 0 Å². The lowest BCUT2D eigenvalue weighted by molar-refractivity contribution is 0.147. The van der Waals surface area contributed by atoms with E-state index < -0.39 is 15.4 Å². The second-order valence-corrected chi connectivity index (χ2v) is 10.1. The molecule has 2 atom stereocenters. The van der Waals surface area contributed by atoms with Crippen LogP contribution in [-0.4, -0.2) is 29.4 Å². The normalized spacial score (nSPS) is 14.4. The molecule has 2 unspecified atom stereocenters. The smallest absolute Gasteiger partial charge is 0.267 e. The van der Waals surface area contributed by atoms with E-state index in [9.17, 15) is 13.5 Å². The van der Waals surface area contributed by atoms with E-state index in [2.05, 4.69) is 6.92 Å². The molecule has 0 spiro atoms. The van der Waals surface area contributed by atoms with Crippen molar-refractivity contribution in [1.82, 2.24) is 0 Å². The number of aliphatic hydroxyl groups is 1. The predicted octanol–water partition coefficient (Wildman–Crippen LogP) is 6.67. The van der Waals surface area contributed by atoms with E-state index in [1.165, 1.54) is 64.2 Å². The maximum atomic E-state index is 10.9. The highest BCUT2D eigenvalue weighted by Gasteiger charge is 2.15. The van der Waals surface area contributed by atoms with E-state index in [1.807, 2.05) is 0 Å². The highest BCUT2D eigenvalue weighted by Crippen LogP contribution is 2.16. The molecule has 0 aliphatic carbocycles. The summed E-state index contributed by atoms with van der Waals surface area (Å²) in [7, 11) is -3.85. The summed E-state index contributed by atoms with van der Waals surface area (Å²) in [6, 6.07) is 0. The summed E-state index contributed by atoms with van der Waals surface area (Å²) in [5, 5.41) is 9.40. The zero-order valence-corrected chi connectivity index (χ0v) is 18.8. The lowest BCUT2D eigenvalue weighted by atomic mass is 10.0. The van der Waals surface area contributed by atoms with Crippen LogP contribution in [0.5, 0.6) is 0 Å². The number of hydrogen-bond acceptors (Lipinski definition) is 3. The zero-order valence-electron chi connectivity index (χ0n) is 18.0. The molecule has 2 N–H and O–H groups in total. The Labute approximate surface area is 169 Å². The van der Waals surface area contributed by atoms with Crippen molar-refractivity contribution < 1.29 is 18.1 Å². The Kier molecular flexibility index (Phi) is 17.8. The van der Waals surface area contributed by atoms with Crippen molar-refractivity contribution in [2.75, 3.05) is 0 Å². The summed E-state index contributed by atoms with van der Waals surface area (Å²) >= 11 is 0. The molecule has 0 aromatic rings. The minimum atomic E-state index is -3.85. The van der Waals surface area contributed by atoms with Gasteiger partial charge in [-0.2, -0.15) is 8.42 Å². The van der Waals surface area contributed by atoms with Crippen molar-refractivity contribution >= 4 is 10.1 Å². The molecule has 0 saturated heterocycles. The highest BCUT2D eigenvalue weighted by atomic mass is 32.2. The topological polar surface area (TPSA) is 74.6 Å². The van der Waals surface area contributed by atoms with Gasteiger partial charge in [-0.3, -0.25) is 4.55 Å². The van der Waals surface area contributed by atoms with Crippen LogP contribution in [0.3, 0.4) is 0 Å². The largest absolute Gasteiger partial charge is 0.393 e. The van der Waals surface area contributed by atoms with Gasteiger partial charge in [-0.25, -0.2) is 0 Å². The third kappa shape index (κ3) is 19.0. The van der Waals surface area contributed by atoms with E-state index in [0.717, 1.165) is 44.9 Å². The van der Waals surface area contributed by atoms with Gasteiger partial charge < -0.3 is 5.11 Å². The number of unbranched alkanes of at least 4 members (excludes halogenated alkanes) is 13. The van der Waals surface area contributed by atoms with Crippen LogP contribution in [0.4, 0.5) is 0 Å². The summed E-state index contributed by atoms with van der Waals surface area (Å²) in [4.78, 5) is 0. The van der Waals surface area contributed by atoms with Gasteiger partial charge in [-0.05, 0) is 26.2 Å². The molecule has 27 heavy (non-hydrogen) atoms. The Morgan fingerprint density at radius 1 is 0.630 bits per heavy atom. The molecule has 0 heterocycles. The third-order valence-corrected chi connectivity index (χ3v) is 6.80. The van der Waals surface area contributed by atoms with Gasteiger partial charge in [0.15, 0.2) is 0 Å². The molecule has 0 aromatic heterocycles. The molecule has 0 aromatic carbocycles. The number of rotatable bonds is 20. The standard InChI is InChI=1S/C22H46O4S/c1-3-4-5-6-7-10-13-16-19-22(23)20-17-14-11-8-9-12-15-18-21(2)27(24,25)26/h21-23H,3-20H2,1-2H3,(H,24,25,26). The van der Waals surface area contributed by atoms with Gasteiger partial charge in [0.25, 0.3) is 10.1 Å². The minimum absolute atomic E-state index is 0.119. The fraction of sp³-hybridized carbons (Fsp3) is 1.00. The molecule has 5 heteroatoms. The second kappa shape index (κ2) is 17.9. The second-order valence-electron chi connectivity index (χ2n) is 8.30. The van der Waals surface area contributed by atoms with E-state index in [4.69, 9.17) is 4.55 Å². The first-order chi connectivity index (χ1) is 12.9. The van der Waals surface area contributed by atoms with Crippen LogP contribution in [0.1, 0.15) is 129 Å². The summed E-state index contributed by atoms with van der Waals surface area (Å²) in [6.07, 6.45) is 20.5. The molecule has 0 aliphatic rings. The summed E-state index contributed by atoms with van der Waals surface area (Å²) in [5.74, 6) is 0. The van der Waals surface area contributed by atoms with Gasteiger partial charge in [-0.1, -0.05) is 103 Å². The van der Waals surface area contributed by atoms with E-state index >= 15 is 0 Å². The van der Waals surface area contributed by atoms with Gasteiger partial charge in [0.2, 0.25) is 0 Å². The first kappa shape index (κ1) is 26.9.